The van der Waals surface area contributed by atoms with E-state index in [-0.39, 0.29) is 10.0 Å². The number of ether oxygens (including phenoxy) is 1. The molecule has 7 heteroatoms. The first-order valence-electron chi connectivity index (χ1n) is 3.89. The summed E-state index contributed by atoms with van der Waals surface area (Å²) in [6.45, 7) is 0. The lowest BCUT2D eigenvalue weighted by molar-refractivity contribution is 0.252. The molecule has 0 aliphatic rings. The van der Waals surface area contributed by atoms with E-state index in [1.165, 1.54) is 7.11 Å². The highest BCUT2D eigenvalue weighted by Gasteiger charge is 2.11. The molecular weight excluding hydrogens is 241 g/mol. The molecule has 82 valence electrons. The van der Waals surface area contributed by atoms with Crippen LogP contribution in [0.1, 0.15) is 0 Å². The van der Waals surface area contributed by atoms with Gasteiger partial charge >= 0.3 is 6.03 Å². The van der Waals surface area contributed by atoms with Crippen LogP contribution < -0.4 is 21.3 Å². The molecule has 0 saturated heterocycles. The summed E-state index contributed by atoms with van der Waals surface area (Å²) in [5.41, 5.74) is 2.26. The van der Waals surface area contributed by atoms with Gasteiger partial charge in [0.05, 0.1) is 17.8 Å². The Morgan fingerprint density at radius 1 is 1.40 bits per heavy atom. The van der Waals surface area contributed by atoms with Gasteiger partial charge in [-0.15, -0.1) is 0 Å². The molecule has 0 radical (unpaired) electrons. The van der Waals surface area contributed by atoms with Crippen molar-refractivity contribution in [1.82, 2.24) is 5.43 Å². The number of carbonyl (C=O) groups is 1. The van der Waals surface area contributed by atoms with Crippen molar-refractivity contribution in [2.45, 2.75) is 0 Å². The molecule has 15 heavy (non-hydrogen) atoms. The maximum absolute atomic E-state index is 10.9. The minimum atomic E-state index is -0.585. The summed E-state index contributed by atoms with van der Waals surface area (Å²) in [4.78, 5) is 10.9. The minimum Gasteiger partial charge on any atom is -0.495 e. The largest absolute Gasteiger partial charge is 0.495 e. The smallest absolute Gasteiger partial charge is 0.333 e. The van der Waals surface area contributed by atoms with Gasteiger partial charge in [-0.1, -0.05) is 23.2 Å². The lowest BCUT2D eigenvalue weighted by Crippen LogP contribution is -2.34. The Balaban J connectivity index is 3.01. The summed E-state index contributed by atoms with van der Waals surface area (Å²) in [6, 6.07) is 2.56. The Hall–Kier alpha value is -1.17. The van der Waals surface area contributed by atoms with E-state index in [1.54, 1.807) is 12.1 Å². The maximum atomic E-state index is 10.9. The molecule has 1 aromatic rings. The highest BCUT2D eigenvalue weighted by Crippen LogP contribution is 2.37. The summed E-state index contributed by atoms with van der Waals surface area (Å²) in [5.74, 6) is 5.33. The molecule has 0 unspecified atom stereocenters. The minimum absolute atomic E-state index is 0.194. The molecule has 0 heterocycles. The Morgan fingerprint density at radius 3 is 2.60 bits per heavy atom. The van der Waals surface area contributed by atoms with Gasteiger partial charge in [0, 0.05) is 0 Å². The molecule has 0 fully saturated rings. The van der Waals surface area contributed by atoms with Crippen molar-refractivity contribution in [3.63, 3.8) is 0 Å². The van der Waals surface area contributed by atoms with Gasteiger partial charge in [-0.3, -0.25) is 5.43 Å². The normalized spacial score (nSPS) is 9.60. The first-order valence-corrected chi connectivity index (χ1v) is 4.65. The van der Waals surface area contributed by atoms with E-state index in [2.05, 4.69) is 5.32 Å². The van der Waals surface area contributed by atoms with Gasteiger partial charge in [0.1, 0.15) is 10.8 Å². The summed E-state index contributed by atoms with van der Waals surface area (Å²) in [7, 11) is 1.47. The highest BCUT2D eigenvalue weighted by atomic mass is 35.5. The molecular formula is C8H9Cl2N3O2. The third-order valence-electron chi connectivity index (χ3n) is 1.65. The quantitative estimate of drug-likeness (QED) is 0.426. The van der Waals surface area contributed by atoms with Crippen molar-refractivity contribution in [3.05, 3.63) is 22.2 Å². The lowest BCUT2D eigenvalue weighted by Gasteiger charge is -2.10. The molecule has 5 nitrogen and oxygen atoms in total. The van der Waals surface area contributed by atoms with Crippen molar-refractivity contribution < 1.29 is 9.53 Å². The van der Waals surface area contributed by atoms with E-state index in [1.807, 2.05) is 5.43 Å². The van der Waals surface area contributed by atoms with E-state index in [0.29, 0.717) is 11.4 Å². The van der Waals surface area contributed by atoms with Crippen molar-refractivity contribution in [2.75, 3.05) is 12.4 Å². The van der Waals surface area contributed by atoms with Gasteiger partial charge in [-0.05, 0) is 12.1 Å². The second-order valence-electron chi connectivity index (χ2n) is 2.54. The SMILES string of the molecule is COc1ccc(NC(=O)NN)c(Cl)c1Cl. The van der Waals surface area contributed by atoms with E-state index in [4.69, 9.17) is 33.8 Å². The number of hydrazine groups is 1. The van der Waals surface area contributed by atoms with Crippen LogP contribution in [0.2, 0.25) is 10.0 Å². The van der Waals surface area contributed by atoms with Crippen molar-refractivity contribution in [1.29, 1.82) is 0 Å². The van der Waals surface area contributed by atoms with Gasteiger partial charge in [0.25, 0.3) is 0 Å². The van der Waals surface area contributed by atoms with Gasteiger partial charge in [-0.2, -0.15) is 0 Å². The first-order chi connectivity index (χ1) is 7.10. The van der Waals surface area contributed by atoms with Crippen LogP contribution in [-0.2, 0) is 0 Å². The molecule has 0 spiro atoms. The van der Waals surface area contributed by atoms with Crippen LogP contribution in [0.15, 0.2) is 12.1 Å². The molecule has 0 aliphatic heterocycles. The van der Waals surface area contributed by atoms with E-state index in [0.717, 1.165) is 0 Å². The zero-order valence-electron chi connectivity index (χ0n) is 7.80. The lowest BCUT2D eigenvalue weighted by atomic mass is 10.3. The number of urea groups is 1. The van der Waals surface area contributed by atoms with Crippen LogP contribution in [0.3, 0.4) is 0 Å². The van der Waals surface area contributed by atoms with Crippen LogP contribution in [0.5, 0.6) is 5.75 Å². The molecule has 0 aromatic heterocycles. The summed E-state index contributed by atoms with van der Waals surface area (Å²) in [5, 5.41) is 2.83. The van der Waals surface area contributed by atoms with E-state index < -0.39 is 6.03 Å². The Morgan fingerprint density at radius 2 is 2.07 bits per heavy atom. The second kappa shape index (κ2) is 5.06. The van der Waals surface area contributed by atoms with E-state index in [9.17, 15) is 4.79 Å². The van der Waals surface area contributed by atoms with E-state index >= 15 is 0 Å². The number of nitrogens with one attached hydrogen (secondary N) is 2. The monoisotopic (exact) mass is 249 g/mol. The van der Waals surface area contributed by atoms with Gasteiger partial charge in [0.2, 0.25) is 0 Å². The number of benzene rings is 1. The Kier molecular flexibility index (Phi) is 4.02. The summed E-state index contributed by atoms with van der Waals surface area (Å²) < 4.78 is 4.94. The van der Waals surface area contributed by atoms with Crippen molar-refractivity contribution in [2.24, 2.45) is 5.84 Å². The molecule has 0 bridgehead atoms. The number of hydrogen-bond acceptors (Lipinski definition) is 3. The van der Waals surface area contributed by atoms with Crippen molar-refractivity contribution in [3.8, 4) is 5.75 Å². The third kappa shape index (κ3) is 2.65. The Labute approximate surface area is 96.5 Å². The predicted octanol–water partition coefficient (Wildman–Crippen LogP) is 2.00. The molecule has 1 aromatic carbocycles. The third-order valence-corrected chi connectivity index (χ3v) is 2.51. The second-order valence-corrected chi connectivity index (χ2v) is 3.30. The fourth-order valence-electron chi connectivity index (χ4n) is 0.944. The Bertz CT molecular complexity index is 384. The number of hydrogen-bond donors (Lipinski definition) is 3. The van der Waals surface area contributed by atoms with Crippen molar-refractivity contribution >= 4 is 34.9 Å². The van der Waals surface area contributed by atoms with Gasteiger partial charge in [-0.25, -0.2) is 10.6 Å². The van der Waals surface area contributed by atoms with Crippen LogP contribution in [0, 0.1) is 0 Å². The highest BCUT2D eigenvalue weighted by molar-refractivity contribution is 6.44. The van der Waals surface area contributed by atoms with Gasteiger partial charge < -0.3 is 10.1 Å². The fourth-order valence-corrected chi connectivity index (χ4v) is 1.39. The molecule has 0 atom stereocenters. The zero-order chi connectivity index (χ0) is 11.4. The summed E-state index contributed by atoms with van der Waals surface area (Å²) in [6.07, 6.45) is 0. The average molecular weight is 250 g/mol. The number of nitrogens with two attached hydrogens (primary N) is 1. The topological polar surface area (TPSA) is 76.4 Å². The van der Waals surface area contributed by atoms with Crippen LogP contribution in [-0.4, -0.2) is 13.1 Å². The number of carbonyl (C=O) groups excluding carboxylic acids is 1. The molecule has 4 N–H and O–H groups in total. The average Bonchev–Trinajstić information content (AvgIpc) is 2.25. The molecule has 0 aliphatic carbocycles. The number of halogens is 2. The molecule has 0 saturated carbocycles. The molecule has 1 rings (SSSR count). The number of anilines is 1. The maximum Gasteiger partial charge on any atom is 0.333 e. The van der Waals surface area contributed by atoms with Gasteiger partial charge in [0.15, 0.2) is 0 Å². The first kappa shape index (κ1) is 11.9. The number of amides is 2. The number of rotatable bonds is 2. The molecule has 2 amide bonds. The number of methoxy groups -OCH3 is 1. The fraction of sp³-hybridized carbons (Fsp3) is 0.125. The summed E-state index contributed by atoms with van der Waals surface area (Å²) >= 11 is 11.7. The van der Waals surface area contributed by atoms with Crippen LogP contribution in [0.25, 0.3) is 0 Å². The zero-order valence-corrected chi connectivity index (χ0v) is 9.32. The predicted molar refractivity (Wildman–Crippen MR) is 59.4 cm³/mol. The standard InChI is InChI=1S/C8H9Cl2N3O2/c1-15-5-3-2-4(6(9)7(5)10)12-8(14)13-11/h2-3H,11H2,1H3,(H2,12,13,14). The van der Waals surface area contributed by atoms with Crippen LogP contribution >= 0.6 is 23.2 Å². The van der Waals surface area contributed by atoms with Crippen LogP contribution in [0.4, 0.5) is 10.5 Å².